The predicted molar refractivity (Wildman–Crippen MR) is 67.6 cm³/mol. The van der Waals surface area contributed by atoms with E-state index in [1.807, 2.05) is 0 Å². The molecule has 1 aliphatic carbocycles. The Hall–Kier alpha value is -0.200. The first-order valence-electron chi connectivity index (χ1n) is 5.76. The van der Waals surface area contributed by atoms with E-state index in [0.717, 1.165) is 25.7 Å². The third kappa shape index (κ3) is 2.93. The quantitative estimate of drug-likeness (QED) is 0.759. The first-order chi connectivity index (χ1) is 7.49. The molecule has 0 spiro atoms. The van der Waals surface area contributed by atoms with E-state index in [1.165, 1.54) is 0 Å². The highest BCUT2D eigenvalue weighted by Gasteiger charge is 2.34. The molecule has 1 saturated heterocycles. The van der Waals surface area contributed by atoms with Gasteiger partial charge in [-0.2, -0.15) is 0 Å². The average molecular weight is 262 g/mol. The van der Waals surface area contributed by atoms with Crippen molar-refractivity contribution in [2.45, 2.75) is 25.7 Å². The van der Waals surface area contributed by atoms with Gasteiger partial charge in [-0.1, -0.05) is 12.2 Å². The molecule has 2 fully saturated rings. The van der Waals surface area contributed by atoms with E-state index in [4.69, 9.17) is 18.0 Å². The summed E-state index contributed by atoms with van der Waals surface area (Å²) in [4.78, 5) is 0.450. The van der Waals surface area contributed by atoms with Crippen LogP contribution in [0.5, 0.6) is 0 Å². The summed E-state index contributed by atoms with van der Waals surface area (Å²) in [5, 5.41) is 0. The Labute approximate surface area is 102 Å². The predicted octanol–water partition coefficient (Wildman–Crippen LogP) is 0.724. The third-order valence-corrected chi connectivity index (χ3v) is 5.67. The minimum Gasteiger partial charge on any atom is -0.393 e. The fraction of sp³-hybridized carbons (Fsp3) is 0.900. The van der Waals surface area contributed by atoms with Crippen molar-refractivity contribution in [2.75, 3.05) is 18.8 Å². The van der Waals surface area contributed by atoms with Crippen molar-refractivity contribution in [1.82, 2.24) is 4.31 Å². The SMILES string of the molecule is NC(=S)C1CCCN(S(=O)(=O)CC2CC2)C1. The van der Waals surface area contributed by atoms with Gasteiger partial charge in [0.15, 0.2) is 0 Å². The molecule has 4 nitrogen and oxygen atoms in total. The Morgan fingerprint density at radius 3 is 2.62 bits per heavy atom. The van der Waals surface area contributed by atoms with Gasteiger partial charge in [0.05, 0.1) is 10.7 Å². The van der Waals surface area contributed by atoms with Crippen molar-refractivity contribution in [2.24, 2.45) is 17.6 Å². The van der Waals surface area contributed by atoms with Crippen LogP contribution in [0.15, 0.2) is 0 Å². The number of rotatable bonds is 4. The number of hydrogen-bond acceptors (Lipinski definition) is 3. The van der Waals surface area contributed by atoms with Gasteiger partial charge < -0.3 is 5.73 Å². The molecule has 1 heterocycles. The van der Waals surface area contributed by atoms with E-state index in [-0.39, 0.29) is 5.92 Å². The van der Waals surface area contributed by atoms with E-state index in [2.05, 4.69) is 0 Å². The van der Waals surface area contributed by atoms with Crippen LogP contribution in [-0.4, -0.2) is 36.6 Å². The topological polar surface area (TPSA) is 63.4 Å². The molecule has 1 aliphatic heterocycles. The molecule has 0 amide bonds. The molecule has 1 atom stereocenters. The molecular weight excluding hydrogens is 244 g/mol. The van der Waals surface area contributed by atoms with Crippen LogP contribution < -0.4 is 5.73 Å². The summed E-state index contributed by atoms with van der Waals surface area (Å²) in [6, 6.07) is 0. The van der Waals surface area contributed by atoms with Crippen molar-refractivity contribution in [3.05, 3.63) is 0 Å². The first kappa shape index (κ1) is 12.3. The summed E-state index contributed by atoms with van der Waals surface area (Å²) in [7, 11) is -3.07. The van der Waals surface area contributed by atoms with Crippen LogP contribution in [0.4, 0.5) is 0 Å². The zero-order chi connectivity index (χ0) is 11.8. The Balaban J connectivity index is 1.99. The van der Waals surface area contributed by atoms with Crippen LogP contribution in [0.1, 0.15) is 25.7 Å². The van der Waals surface area contributed by atoms with Gasteiger partial charge in [-0.25, -0.2) is 12.7 Å². The van der Waals surface area contributed by atoms with Crippen molar-refractivity contribution < 1.29 is 8.42 Å². The summed E-state index contributed by atoms with van der Waals surface area (Å²) in [5.74, 6) is 0.782. The maximum absolute atomic E-state index is 12.0. The minimum absolute atomic E-state index is 0.0673. The van der Waals surface area contributed by atoms with E-state index < -0.39 is 10.0 Å². The van der Waals surface area contributed by atoms with Crippen LogP contribution in [0.3, 0.4) is 0 Å². The molecule has 16 heavy (non-hydrogen) atoms. The largest absolute Gasteiger partial charge is 0.393 e. The third-order valence-electron chi connectivity index (χ3n) is 3.32. The van der Waals surface area contributed by atoms with Gasteiger partial charge in [-0.05, 0) is 31.6 Å². The highest BCUT2D eigenvalue weighted by Crippen LogP contribution is 2.32. The molecule has 2 rings (SSSR count). The average Bonchev–Trinajstić information content (AvgIpc) is 3.01. The van der Waals surface area contributed by atoms with Crippen molar-refractivity contribution in [3.63, 3.8) is 0 Å². The second kappa shape index (κ2) is 4.58. The molecule has 6 heteroatoms. The Kier molecular flexibility index (Phi) is 3.51. The lowest BCUT2D eigenvalue weighted by atomic mass is 10.0. The molecular formula is C10H18N2O2S2. The Bertz CT molecular complexity index is 376. The van der Waals surface area contributed by atoms with Gasteiger partial charge in [-0.3, -0.25) is 0 Å². The van der Waals surface area contributed by atoms with Gasteiger partial charge >= 0.3 is 0 Å². The molecule has 0 radical (unpaired) electrons. The van der Waals surface area contributed by atoms with Crippen molar-refractivity contribution in [1.29, 1.82) is 0 Å². The normalized spacial score (nSPS) is 27.9. The van der Waals surface area contributed by atoms with Crippen molar-refractivity contribution in [3.8, 4) is 0 Å². The molecule has 0 aromatic heterocycles. The first-order valence-corrected chi connectivity index (χ1v) is 7.78. The van der Waals surface area contributed by atoms with Gasteiger partial charge in [0.1, 0.15) is 0 Å². The Morgan fingerprint density at radius 1 is 1.38 bits per heavy atom. The number of nitrogens with zero attached hydrogens (tertiary/aromatic N) is 1. The van der Waals surface area contributed by atoms with Gasteiger partial charge in [-0.15, -0.1) is 0 Å². The van der Waals surface area contributed by atoms with E-state index in [0.29, 0.717) is 29.7 Å². The van der Waals surface area contributed by atoms with E-state index in [1.54, 1.807) is 4.31 Å². The molecule has 2 aliphatic rings. The summed E-state index contributed by atoms with van der Waals surface area (Å²) in [6.07, 6.45) is 3.91. The van der Waals surface area contributed by atoms with Gasteiger partial charge in [0.25, 0.3) is 0 Å². The molecule has 2 N–H and O–H groups in total. The van der Waals surface area contributed by atoms with Crippen LogP contribution in [0, 0.1) is 11.8 Å². The van der Waals surface area contributed by atoms with Crippen LogP contribution in [0.2, 0.25) is 0 Å². The summed E-state index contributed by atoms with van der Waals surface area (Å²) in [5.41, 5.74) is 5.60. The number of sulfonamides is 1. The van der Waals surface area contributed by atoms with E-state index >= 15 is 0 Å². The monoisotopic (exact) mass is 262 g/mol. The fourth-order valence-corrected chi connectivity index (χ4v) is 4.26. The van der Waals surface area contributed by atoms with Crippen molar-refractivity contribution >= 4 is 27.2 Å². The zero-order valence-electron chi connectivity index (χ0n) is 9.26. The highest BCUT2D eigenvalue weighted by atomic mass is 32.2. The van der Waals surface area contributed by atoms with Crippen LogP contribution in [-0.2, 0) is 10.0 Å². The fourth-order valence-electron chi connectivity index (χ4n) is 2.12. The number of nitrogens with two attached hydrogens (primary N) is 1. The molecule has 1 unspecified atom stereocenters. The Morgan fingerprint density at radius 2 is 2.06 bits per heavy atom. The molecule has 1 saturated carbocycles. The van der Waals surface area contributed by atoms with Crippen LogP contribution in [0.25, 0.3) is 0 Å². The summed E-state index contributed by atoms with van der Waals surface area (Å²) in [6.45, 7) is 1.12. The second-order valence-corrected chi connectivity index (χ2v) is 7.31. The van der Waals surface area contributed by atoms with Gasteiger partial charge in [0.2, 0.25) is 10.0 Å². The number of hydrogen-bond donors (Lipinski definition) is 1. The van der Waals surface area contributed by atoms with Crippen LogP contribution >= 0.6 is 12.2 Å². The maximum Gasteiger partial charge on any atom is 0.214 e. The lowest BCUT2D eigenvalue weighted by Crippen LogP contribution is -2.44. The smallest absolute Gasteiger partial charge is 0.214 e. The number of piperidine rings is 1. The van der Waals surface area contributed by atoms with Gasteiger partial charge in [0, 0.05) is 19.0 Å². The zero-order valence-corrected chi connectivity index (χ0v) is 10.9. The molecule has 0 aromatic rings. The maximum atomic E-state index is 12.0. The highest BCUT2D eigenvalue weighted by molar-refractivity contribution is 7.89. The van der Waals surface area contributed by atoms with E-state index in [9.17, 15) is 8.42 Å². The lowest BCUT2D eigenvalue weighted by Gasteiger charge is -2.31. The molecule has 0 aromatic carbocycles. The molecule has 0 bridgehead atoms. The second-order valence-electron chi connectivity index (χ2n) is 4.82. The minimum atomic E-state index is -3.07. The molecule has 92 valence electrons. The summed E-state index contributed by atoms with van der Waals surface area (Å²) < 4.78 is 25.7. The number of thiocarbonyl (C=S) groups is 1. The summed E-state index contributed by atoms with van der Waals surface area (Å²) >= 11 is 4.95. The lowest BCUT2D eigenvalue weighted by molar-refractivity contribution is 0.312. The standard InChI is InChI=1S/C10H18N2O2S2/c11-10(15)9-2-1-5-12(6-9)16(13,14)7-8-3-4-8/h8-9H,1-7H2,(H2,11,15).